The number of fused-ring (bicyclic) bond motifs is 7. The fourth-order valence-electron chi connectivity index (χ4n) is 11.3. The number of nitrogens with one attached hydrogen (secondary N) is 1. The van der Waals surface area contributed by atoms with Crippen molar-refractivity contribution in [3.05, 3.63) is 11.6 Å². The molecule has 4 fully saturated rings. The number of guanidine groups is 2. The van der Waals surface area contributed by atoms with Crippen molar-refractivity contribution >= 4 is 17.9 Å². The maximum atomic E-state index is 12.8. The molecular weight excluding hydrogens is 590 g/mol. The largest absolute Gasteiger partial charge is 0.481 e. The lowest BCUT2D eigenvalue weighted by molar-refractivity contribution is -0.352. The number of nitrogens with zero attached hydrogens (tertiary/aromatic N) is 2. The molecule has 5 rings (SSSR count). The zero-order valence-corrected chi connectivity index (χ0v) is 28.9. The van der Waals surface area contributed by atoms with Gasteiger partial charge in [0.05, 0.1) is 35.7 Å². The predicted octanol–water partition coefficient (Wildman–Crippen LogP) is 1.87. The number of rotatable bonds is 2. The highest BCUT2D eigenvalue weighted by Crippen LogP contribution is 2.76. The monoisotopic (exact) mass is 649 g/mol. The Morgan fingerprint density at radius 1 is 1.04 bits per heavy atom. The third-order valence-corrected chi connectivity index (χ3v) is 14.4. The molecule has 0 aromatic carbocycles. The minimum absolute atomic E-state index is 0.0509. The number of allylic oxidation sites excluding steroid dienone is 2. The molecule has 1 unspecified atom stereocenters. The lowest BCUT2D eigenvalue weighted by Crippen LogP contribution is -2.80. The zero-order valence-electron chi connectivity index (χ0n) is 28.9. The van der Waals surface area contributed by atoms with E-state index in [2.05, 4.69) is 38.8 Å². The van der Waals surface area contributed by atoms with Crippen molar-refractivity contribution in [2.24, 2.45) is 67.2 Å². The number of nitrogens with two attached hydrogens (primary N) is 2. The molecule has 5 aliphatic carbocycles. The summed E-state index contributed by atoms with van der Waals surface area (Å²) in [5.74, 6) is -0.295. The molecule has 46 heavy (non-hydrogen) atoms. The fourth-order valence-corrected chi connectivity index (χ4v) is 11.3. The first-order chi connectivity index (χ1) is 21.1. The van der Waals surface area contributed by atoms with E-state index in [0.29, 0.717) is 31.6 Å². The minimum atomic E-state index is -1.80. The number of hydrogen-bond acceptors (Lipinski definition) is 7. The number of hydrogen-bond donors (Lipinski definition) is 9. The Bertz CT molecular complexity index is 1290. The molecule has 0 amide bonds. The molecule has 4 saturated carbocycles. The first-order valence-corrected chi connectivity index (χ1v) is 16.7. The van der Waals surface area contributed by atoms with Crippen LogP contribution in [0.2, 0.25) is 0 Å². The van der Waals surface area contributed by atoms with E-state index in [0.717, 1.165) is 6.42 Å². The van der Waals surface area contributed by atoms with Gasteiger partial charge in [-0.1, -0.05) is 53.2 Å². The second-order valence-corrected chi connectivity index (χ2v) is 16.5. The number of carbonyl (C=O) groups is 1. The summed E-state index contributed by atoms with van der Waals surface area (Å²) in [6, 6.07) is 0. The molecule has 0 spiro atoms. The molecule has 0 heterocycles. The van der Waals surface area contributed by atoms with Crippen molar-refractivity contribution < 1.29 is 35.4 Å². The van der Waals surface area contributed by atoms with Crippen LogP contribution in [0.5, 0.6) is 0 Å². The Balaban J connectivity index is 0.000000468. The van der Waals surface area contributed by atoms with Crippen LogP contribution in [-0.4, -0.2) is 98.0 Å². The Morgan fingerprint density at radius 3 is 2.15 bits per heavy atom. The summed E-state index contributed by atoms with van der Waals surface area (Å²) in [4.78, 5) is 17.8. The van der Waals surface area contributed by atoms with Crippen molar-refractivity contribution in [2.75, 3.05) is 20.7 Å². The van der Waals surface area contributed by atoms with Crippen LogP contribution in [0, 0.1) is 56.2 Å². The third-order valence-electron chi connectivity index (χ3n) is 14.4. The standard InChI is InChI=1S/C30H48O7.C4H11N5/c1-16-9-10-29(24(35)36)12-11-25(3)18(22(29)17(16)2)7-8-20-26(25,4)14-21(33)30(37)27(20,5)13-19(32)23(34)28(30,6)15-31;1-9(2)4(7)8-3(5)6/h7,16-17,19-23,31-34,37H,8-15H2,1-6H3,(H,35,36);1-2H3,(H5,5,6,7,8)/t16-,17+,19-,20?,21-,22+,23+,25-,26-,27-,28-,29+,30+;/m1./s1. The third kappa shape index (κ3) is 4.68. The van der Waals surface area contributed by atoms with Crippen LogP contribution in [0.1, 0.15) is 86.5 Å². The molecule has 11 N–H and O–H groups in total. The number of aliphatic carboxylic acids is 1. The normalized spacial score (nSPS) is 49.3. The highest BCUT2D eigenvalue weighted by Gasteiger charge is 2.78. The fraction of sp³-hybridized carbons (Fsp3) is 0.853. The second kappa shape index (κ2) is 11.7. The number of aliphatic hydroxyl groups excluding tert-OH is 4. The second-order valence-electron chi connectivity index (χ2n) is 16.5. The van der Waals surface area contributed by atoms with Gasteiger partial charge in [0.1, 0.15) is 5.60 Å². The number of aliphatic hydroxyl groups is 5. The average molecular weight is 650 g/mol. The van der Waals surface area contributed by atoms with E-state index in [1.54, 1.807) is 21.0 Å². The molecule has 0 aromatic heterocycles. The maximum absolute atomic E-state index is 12.8. The number of aliphatic imine (C=N–C) groups is 1. The van der Waals surface area contributed by atoms with Crippen molar-refractivity contribution in [3.63, 3.8) is 0 Å². The van der Waals surface area contributed by atoms with Crippen LogP contribution in [0.4, 0.5) is 0 Å². The van der Waals surface area contributed by atoms with Gasteiger partial charge in [0, 0.05) is 19.5 Å². The molecule has 0 saturated heterocycles. The van der Waals surface area contributed by atoms with Gasteiger partial charge in [0.25, 0.3) is 0 Å². The summed E-state index contributed by atoms with van der Waals surface area (Å²) < 4.78 is 0. The van der Waals surface area contributed by atoms with Gasteiger partial charge >= 0.3 is 5.97 Å². The molecule has 0 aliphatic heterocycles. The molecule has 12 heteroatoms. The lowest BCUT2D eigenvalue weighted by atomic mass is 9.31. The summed E-state index contributed by atoms with van der Waals surface area (Å²) in [6.45, 7) is 11.8. The lowest BCUT2D eigenvalue weighted by Gasteiger charge is -2.74. The van der Waals surface area contributed by atoms with Crippen LogP contribution in [0.3, 0.4) is 0 Å². The van der Waals surface area contributed by atoms with Crippen LogP contribution >= 0.6 is 0 Å². The highest BCUT2D eigenvalue weighted by molar-refractivity contribution is 5.91. The first kappa shape index (κ1) is 36.6. The smallest absolute Gasteiger partial charge is 0.310 e. The van der Waals surface area contributed by atoms with E-state index in [9.17, 15) is 35.4 Å². The van der Waals surface area contributed by atoms with Gasteiger partial charge in [0.15, 0.2) is 5.96 Å². The van der Waals surface area contributed by atoms with Crippen LogP contribution in [0.15, 0.2) is 16.6 Å². The minimum Gasteiger partial charge on any atom is -0.481 e. The molecular formula is C34H59N5O7. The number of carboxylic acid groups (broad SMARTS) is 1. The summed E-state index contributed by atoms with van der Waals surface area (Å²) in [6.07, 6.45) is 2.41. The van der Waals surface area contributed by atoms with Crippen molar-refractivity contribution in [3.8, 4) is 0 Å². The quantitative estimate of drug-likeness (QED) is 0.120. The van der Waals surface area contributed by atoms with Crippen LogP contribution in [-0.2, 0) is 4.79 Å². The molecule has 0 aromatic rings. The number of carboxylic acids is 1. The van der Waals surface area contributed by atoms with Gasteiger partial charge in [0.2, 0.25) is 5.96 Å². The van der Waals surface area contributed by atoms with Crippen LogP contribution in [0.25, 0.3) is 0 Å². The SMILES string of the molecule is CN(C)C(=N)N=C(N)N.C[C@H]1[C@H](C)CC[C@]2(C(=O)O)CC[C@]3(C)C(=CCC4[C@@]5(C)C[C@@H](O)[C@H](O)[C@@](C)(CO)[C@]5(O)[C@H](O)C[C@]43C)[C@H]12. The summed E-state index contributed by atoms with van der Waals surface area (Å²) >= 11 is 0. The molecule has 0 radical (unpaired) electrons. The van der Waals surface area contributed by atoms with Gasteiger partial charge in [-0.05, 0) is 79.4 Å². The Hall–Kier alpha value is -2.25. The molecule has 13 atom stereocenters. The predicted molar refractivity (Wildman–Crippen MR) is 175 cm³/mol. The van der Waals surface area contributed by atoms with E-state index in [1.807, 2.05) is 6.92 Å². The van der Waals surface area contributed by atoms with E-state index in [4.69, 9.17) is 16.9 Å². The van der Waals surface area contributed by atoms with Crippen molar-refractivity contribution in [2.45, 2.75) is 110 Å². The summed E-state index contributed by atoms with van der Waals surface area (Å²) in [7, 11) is 3.38. The molecule has 262 valence electrons. The topological polar surface area (TPSA) is 230 Å². The molecule has 5 aliphatic rings. The van der Waals surface area contributed by atoms with Crippen molar-refractivity contribution in [1.29, 1.82) is 5.41 Å². The van der Waals surface area contributed by atoms with Crippen LogP contribution < -0.4 is 11.5 Å². The molecule has 12 nitrogen and oxygen atoms in total. The Labute approximate surface area is 273 Å². The Morgan fingerprint density at radius 2 is 1.65 bits per heavy atom. The van der Waals surface area contributed by atoms with Gasteiger partial charge in [-0.25, -0.2) is 0 Å². The zero-order chi connectivity index (χ0) is 35.0. The van der Waals surface area contributed by atoms with Gasteiger partial charge in [-0.15, -0.1) is 0 Å². The highest BCUT2D eigenvalue weighted by atomic mass is 16.4. The maximum Gasteiger partial charge on any atom is 0.310 e. The van der Waals surface area contributed by atoms with Gasteiger partial charge < -0.3 is 47.0 Å². The van der Waals surface area contributed by atoms with E-state index >= 15 is 0 Å². The van der Waals surface area contributed by atoms with E-state index < -0.39 is 58.1 Å². The summed E-state index contributed by atoms with van der Waals surface area (Å²) in [5, 5.41) is 74.1. The van der Waals surface area contributed by atoms with Gasteiger partial charge in [-0.2, -0.15) is 4.99 Å². The first-order valence-electron chi connectivity index (χ1n) is 16.7. The summed E-state index contributed by atoms with van der Waals surface area (Å²) in [5.41, 5.74) is 5.30. The average Bonchev–Trinajstić information content (AvgIpc) is 2.96. The van der Waals surface area contributed by atoms with Crippen molar-refractivity contribution in [1.82, 2.24) is 4.90 Å². The Kier molecular flexibility index (Phi) is 9.32. The van der Waals surface area contributed by atoms with E-state index in [1.165, 1.54) is 10.5 Å². The van der Waals surface area contributed by atoms with Gasteiger partial charge in [-0.3, -0.25) is 10.2 Å². The molecule has 0 bridgehead atoms. The van der Waals surface area contributed by atoms with E-state index in [-0.39, 0.29) is 47.9 Å².